The van der Waals surface area contributed by atoms with E-state index in [1.165, 1.54) is 20.2 Å². The Kier molecular flexibility index (Phi) is 6.20. The Bertz CT molecular complexity index is 683. The van der Waals surface area contributed by atoms with Gasteiger partial charge in [0.1, 0.15) is 0 Å². The molecule has 8 heteroatoms. The summed E-state index contributed by atoms with van der Waals surface area (Å²) in [5, 5.41) is 5.80. The molecule has 1 fully saturated rings. The highest BCUT2D eigenvalue weighted by molar-refractivity contribution is 7.89. The minimum atomic E-state index is -3.58. The number of nitrogens with one attached hydrogen (secondary N) is 2. The number of hydrogen-bond acceptors (Lipinski definition) is 5. The van der Waals surface area contributed by atoms with E-state index in [4.69, 9.17) is 0 Å². The fourth-order valence-electron chi connectivity index (χ4n) is 2.70. The van der Waals surface area contributed by atoms with Gasteiger partial charge in [-0.25, -0.2) is 12.7 Å². The molecule has 0 saturated carbocycles. The predicted molar refractivity (Wildman–Crippen MR) is 95.0 cm³/mol. The van der Waals surface area contributed by atoms with Gasteiger partial charge in [-0.1, -0.05) is 0 Å². The van der Waals surface area contributed by atoms with Crippen LogP contribution in [0.15, 0.2) is 23.1 Å². The zero-order chi connectivity index (χ0) is 17.7. The van der Waals surface area contributed by atoms with Crippen LogP contribution < -0.4 is 15.5 Å². The first-order valence-electron chi connectivity index (χ1n) is 8.12. The monoisotopic (exact) mass is 354 g/mol. The van der Waals surface area contributed by atoms with Gasteiger partial charge in [-0.3, -0.25) is 4.79 Å². The second kappa shape index (κ2) is 7.96. The van der Waals surface area contributed by atoms with E-state index in [0.717, 1.165) is 35.9 Å². The highest BCUT2D eigenvalue weighted by Gasteiger charge is 2.24. The molecule has 1 aliphatic rings. The van der Waals surface area contributed by atoms with Crippen LogP contribution in [0.4, 0.5) is 5.69 Å². The highest BCUT2D eigenvalue weighted by Crippen LogP contribution is 2.28. The summed E-state index contributed by atoms with van der Waals surface area (Å²) in [6, 6.07) is 4.81. The topological polar surface area (TPSA) is 81.7 Å². The van der Waals surface area contributed by atoms with Crippen LogP contribution in [0, 0.1) is 0 Å². The zero-order valence-electron chi connectivity index (χ0n) is 14.5. The van der Waals surface area contributed by atoms with Gasteiger partial charge < -0.3 is 15.5 Å². The maximum atomic E-state index is 12.6. The molecule has 1 amide bonds. The largest absolute Gasteiger partial charge is 0.371 e. The van der Waals surface area contributed by atoms with Gasteiger partial charge in [0.2, 0.25) is 10.0 Å². The van der Waals surface area contributed by atoms with E-state index in [0.29, 0.717) is 18.7 Å². The lowest BCUT2D eigenvalue weighted by atomic mass is 10.1. The number of benzene rings is 1. The first-order chi connectivity index (χ1) is 11.4. The van der Waals surface area contributed by atoms with Crippen LogP contribution >= 0.6 is 0 Å². The van der Waals surface area contributed by atoms with Crippen LogP contribution in [0.3, 0.4) is 0 Å². The second-order valence-corrected chi connectivity index (χ2v) is 8.17. The molecule has 0 bridgehead atoms. The minimum Gasteiger partial charge on any atom is -0.371 e. The van der Waals surface area contributed by atoms with Crippen molar-refractivity contribution in [2.45, 2.75) is 17.7 Å². The molecule has 1 heterocycles. The van der Waals surface area contributed by atoms with Gasteiger partial charge in [0.25, 0.3) is 5.91 Å². The molecular weight excluding hydrogens is 328 g/mol. The Morgan fingerprint density at radius 3 is 2.46 bits per heavy atom. The van der Waals surface area contributed by atoms with Gasteiger partial charge >= 0.3 is 0 Å². The summed E-state index contributed by atoms with van der Waals surface area (Å²) in [5.41, 5.74) is 1.21. The van der Waals surface area contributed by atoms with Gasteiger partial charge in [-0.2, -0.15) is 0 Å². The first kappa shape index (κ1) is 18.7. The van der Waals surface area contributed by atoms with E-state index < -0.39 is 10.0 Å². The predicted octanol–water partition coefficient (Wildman–Crippen LogP) is 0.486. The van der Waals surface area contributed by atoms with E-state index in [2.05, 4.69) is 15.5 Å². The molecule has 1 aliphatic heterocycles. The van der Waals surface area contributed by atoms with E-state index in [-0.39, 0.29) is 10.8 Å². The van der Waals surface area contributed by atoms with Crippen molar-refractivity contribution in [3.05, 3.63) is 23.8 Å². The summed E-state index contributed by atoms with van der Waals surface area (Å²) in [5.74, 6) is -0.247. The van der Waals surface area contributed by atoms with Crippen molar-refractivity contribution in [2.75, 3.05) is 52.2 Å². The van der Waals surface area contributed by atoms with E-state index >= 15 is 0 Å². The summed E-state index contributed by atoms with van der Waals surface area (Å²) in [7, 11) is 1.20. The minimum absolute atomic E-state index is 0.134. The van der Waals surface area contributed by atoms with Crippen LogP contribution in [-0.2, 0) is 10.0 Å². The standard InChI is InChI=1S/C16H26N4O3S/c1-17-8-9-18-16(21)14-12-13(24(22,23)19(2)3)6-7-15(14)20-10-4-5-11-20/h6-7,12,17H,4-5,8-11H2,1-3H3,(H,18,21). The first-order valence-corrected chi connectivity index (χ1v) is 9.56. The quantitative estimate of drug-likeness (QED) is 0.697. The lowest BCUT2D eigenvalue weighted by Crippen LogP contribution is -2.32. The maximum absolute atomic E-state index is 12.6. The van der Waals surface area contributed by atoms with Gasteiger partial charge in [0.05, 0.1) is 10.5 Å². The molecule has 134 valence electrons. The third kappa shape index (κ3) is 4.06. The molecule has 1 saturated heterocycles. The third-order valence-electron chi connectivity index (χ3n) is 4.10. The van der Waals surface area contributed by atoms with Crippen LogP contribution in [-0.4, -0.2) is 66.0 Å². The maximum Gasteiger partial charge on any atom is 0.253 e. The number of sulfonamides is 1. The molecule has 0 atom stereocenters. The van der Waals surface area contributed by atoms with Gasteiger partial charge in [0, 0.05) is 46.0 Å². The number of nitrogens with zero attached hydrogens (tertiary/aromatic N) is 2. The molecule has 7 nitrogen and oxygen atoms in total. The number of anilines is 1. The van der Waals surface area contributed by atoms with Crippen molar-refractivity contribution in [1.82, 2.24) is 14.9 Å². The SMILES string of the molecule is CNCCNC(=O)c1cc(S(=O)(=O)N(C)C)ccc1N1CCCC1. The molecule has 1 aromatic rings. The summed E-state index contributed by atoms with van der Waals surface area (Å²) < 4.78 is 25.9. The van der Waals surface area contributed by atoms with Crippen LogP contribution in [0.5, 0.6) is 0 Å². The van der Waals surface area contributed by atoms with Crippen LogP contribution in [0.25, 0.3) is 0 Å². The average molecular weight is 354 g/mol. The van der Waals surface area contributed by atoms with Crippen molar-refractivity contribution in [1.29, 1.82) is 0 Å². The number of amides is 1. The van der Waals surface area contributed by atoms with E-state index in [1.54, 1.807) is 12.1 Å². The van der Waals surface area contributed by atoms with Crippen molar-refractivity contribution in [3.63, 3.8) is 0 Å². The lowest BCUT2D eigenvalue weighted by molar-refractivity contribution is 0.0954. The summed E-state index contributed by atoms with van der Waals surface area (Å²) in [6.45, 7) is 2.91. The van der Waals surface area contributed by atoms with E-state index in [1.807, 2.05) is 7.05 Å². The molecule has 0 spiro atoms. The molecule has 0 aromatic heterocycles. The van der Waals surface area contributed by atoms with Crippen molar-refractivity contribution in [3.8, 4) is 0 Å². The molecule has 2 N–H and O–H groups in total. The summed E-state index contributed by atoms with van der Waals surface area (Å²) in [4.78, 5) is 14.8. The van der Waals surface area contributed by atoms with Gasteiger partial charge in [0.15, 0.2) is 0 Å². The Morgan fingerprint density at radius 2 is 1.88 bits per heavy atom. The number of hydrogen-bond donors (Lipinski definition) is 2. The molecule has 24 heavy (non-hydrogen) atoms. The van der Waals surface area contributed by atoms with Gasteiger partial charge in [-0.05, 0) is 38.1 Å². The Morgan fingerprint density at radius 1 is 1.21 bits per heavy atom. The molecule has 0 unspecified atom stereocenters. The zero-order valence-corrected chi connectivity index (χ0v) is 15.3. The van der Waals surface area contributed by atoms with Crippen LogP contribution in [0.2, 0.25) is 0 Å². The average Bonchev–Trinajstić information content (AvgIpc) is 3.08. The van der Waals surface area contributed by atoms with Crippen molar-refractivity contribution in [2.24, 2.45) is 0 Å². The Labute approximate surface area is 144 Å². The number of likely N-dealkylation sites (N-methyl/N-ethyl adjacent to an activating group) is 1. The number of carbonyl (C=O) groups is 1. The van der Waals surface area contributed by atoms with Crippen molar-refractivity contribution < 1.29 is 13.2 Å². The van der Waals surface area contributed by atoms with Crippen molar-refractivity contribution >= 4 is 21.6 Å². The molecule has 0 aliphatic carbocycles. The lowest BCUT2D eigenvalue weighted by Gasteiger charge is -2.22. The summed E-state index contributed by atoms with van der Waals surface area (Å²) in [6.07, 6.45) is 2.16. The normalized spacial score (nSPS) is 15.1. The molecule has 2 rings (SSSR count). The molecule has 1 aromatic carbocycles. The third-order valence-corrected chi connectivity index (χ3v) is 5.91. The Balaban J connectivity index is 2.39. The van der Waals surface area contributed by atoms with Crippen LogP contribution in [0.1, 0.15) is 23.2 Å². The second-order valence-electron chi connectivity index (χ2n) is 6.02. The van der Waals surface area contributed by atoms with Gasteiger partial charge in [-0.15, -0.1) is 0 Å². The molecule has 0 radical (unpaired) electrons. The smallest absolute Gasteiger partial charge is 0.253 e. The fourth-order valence-corrected chi connectivity index (χ4v) is 3.63. The highest BCUT2D eigenvalue weighted by atomic mass is 32.2. The molecular formula is C16H26N4O3S. The Hall–Kier alpha value is -1.64. The number of rotatable bonds is 7. The number of carbonyl (C=O) groups excluding carboxylic acids is 1. The van der Waals surface area contributed by atoms with E-state index in [9.17, 15) is 13.2 Å². The summed E-state index contributed by atoms with van der Waals surface area (Å²) >= 11 is 0. The fraction of sp³-hybridized carbons (Fsp3) is 0.562.